The Balaban J connectivity index is 3.22. The highest BCUT2D eigenvalue weighted by molar-refractivity contribution is 7.19. The molecule has 0 unspecified atom stereocenters. The molecule has 6 heteroatoms. The number of rotatable bonds is 6. The van der Waals surface area contributed by atoms with E-state index < -0.39 is 5.97 Å². The van der Waals surface area contributed by atoms with Crippen molar-refractivity contribution in [1.29, 1.82) is 0 Å². The summed E-state index contributed by atoms with van der Waals surface area (Å²) in [6.45, 7) is 8.07. The van der Waals surface area contributed by atoms with Crippen LogP contribution in [0.3, 0.4) is 0 Å². The van der Waals surface area contributed by atoms with E-state index in [0.29, 0.717) is 22.2 Å². The van der Waals surface area contributed by atoms with Gasteiger partial charge in [0.05, 0.1) is 14.2 Å². The van der Waals surface area contributed by atoms with Gasteiger partial charge in [-0.05, 0) is 12.8 Å². The molecule has 19 heavy (non-hydrogen) atoms. The van der Waals surface area contributed by atoms with Gasteiger partial charge in [-0.3, -0.25) is 0 Å². The van der Waals surface area contributed by atoms with E-state index >= 15 is 0 Å². The van der Waals surface area contributed by atoms with Gasteiger partial charge in [0.25, 0.3) is 0 Å². The van der Waals surface area contributed by atoms with Crippen LogP contribution in [0, 0.1) is 5.92 Å². The Morgan fingerprint density at radius 1 is 1.42 bits per heavy atom. The fourth-order valence-electron chi connectivity index (χ4n) is 1.86. The topological polar surface area (TPSA) is 64.8 Å². The minimum atomic E-state index is -0.423. The average molecular weight is 286 g/mol. The summed E-state index contributed by atoms with van der Waals surface area (Å²) in [7, 11) is 2.91. The summed E-state index contributed by atoms with van der Waals surface area (Å²) in [5.41, 5.74) is 6.33. The molecule has 0 saturated carbocycles. The Kier molecular flexibility index (Phi) is 5.47. The van der Waals surface area contributed by atoms with Crippen molar-refractivity contribution >= 4 is 28.0 Å². The van der Waals surface area contributed by atoms with Crippen LogP contribution in [-0.4, -0.2) is 33.3 Å². The second kappa shape index (κ2) is 6.65. The Morgan fingerprint density at radius 2 is 2.05 bits per heavy atom. The van der Waals surface area contributed by atoms with E-state index in [1.807, 2.05) is 0 Å². The van der Waals surface area contributed by atoms with Gasteiger partial charge in [-0.1, -0.05) is 13.8 Å². The van der Waals surface area contributed by atoms with Gasteiger partial charge >= 0.3 is 5.97 Å². The number of nitrogens with zero attached hydrogens (tertiary/aromatic N) is 1. The van der Waals surface area contributed by atoms with Gasteiger partial charge < -0.3 is 20.1 Å². The first-order chi connectivity index (χ1) is 8.96. The van der Waals surface area contributed by atoms with Crippen molar-refractivity contribution in [3.8, 4) is 5.75 Å². The van der Waals surface area contributed by atoms with E-state index in [4.69, 9.17) is 15.2 Å². The number of anilines is 2. The first kappa shape index (κ1) is 15.6. The number of carbonyl (C=O) groups excluding carboxylic acids is 1. The molecule has 0 atom stereocenters. The molecule has 0 bridgehead atoms. The molecule has 5 nitrogen and oxygen atoms in total. The maximum Gasteiger partial charge on any atom is 0.350 e. The monoisotopic (exact) mass is 286 g/mol. The third kappa shape index (κ3) is 3.32. The molecule has 0 amide bonds. The molecule has 108 valence electrons. The third-order valence-electron chi connectivity index (χ3n) is 2.71. The lowest BCUT2D eigenvalue weighted by Gasteiger charge is -2.24. The van der Waals surface area contributed by atoms with Crippen LogP contribution in [0.25, 0.3) is 0 Å². The number of nitrogens with two attached hydrogens (primary N) is 1. The molecule has 1 rings (SSSR count). The van der Waals surface area contributed by atoms with Crippen LogP contribution < -0.4 is 15.4 Å². The van der Waals surface area contributed by atoms with Crippen molar-refractivity contribution < 1.29 is 14.3 Å². The van der Waals surface area contributed by atoms with E-state index in [1.165, 1.54) is 18.4 Å². The molecule has 0 aliphatic rings. The zero-order valence-electron chi connectivity index (χ0n) is 12.1. The number of hydrogen-bond donors (Lipinski definition) is 1. The normalized spacial score (nSPS) is 10.6. The molecule has 0 aliphatic heterocycles. The Bertz CT molecular complexity index is 443. The highest BCUT2D eigenvalue weighted by Crippen LogP contribution is 2.45. The Morgan fingerprint density at radius 3 is 2.47 bits per heavy atom. The van der Waals surface area contributed by atoms with E-state index in [9.17, 15) is 4.79 Å². The van der Waals surface area contributed by atoms with Gasteiger partial charge in [0, 0.05) is 13.1 Å². The highest BCUT2D eigenvalue weighted by atomic mass is 32.1. The SMILES string of the molecule is CCN(CC(C)C)c1sc(C(=O)OC)c(N)c1OC. The summed E-state index contributed by atoms with van der Waals surface area (Å²) >= 11 is 1.32. The standard InChI is InChI=1S/C13H22N2O3S/c1-6-15(7-8(2)3)12-10(17-4)9(14)11(19-12)13(16)18-5/h8H,6-7,14H2,1-5H3. The minimum Gasteiger partial charge on any atom is -0.492 e. The van der Waals surface area contributed by atoms with E-state index in [1.54, 1.807) is 7.11 Å². The predicted molar refractivity (Wildman–Crippen MR) is 79.3 cm³/mol. The van der Waals surface area contributed by atoms with Crippen LogP contribution in [0.15, 0.2) is 0 Å². The molecule has 1 aromatic rings. The van der Waals surface area contributed by atoms with Gasteiger partial charge in [-0.2, -0.15) is 0 Å². The van der Waals surface area contributed by atoms with Crippen molar-refractivity contribution in [2.45, 2.75) is 20.8 Å². The van der Waals surface area contributed by atoms with Crippen LogP contribution in [0.4, 0.5) is 10.7 Å². The Hall–Kier alpha value is -1.43. The highest BCUT2D eigenvalue weighted by Gasteiger charge is 2.25. The lowest BCUT2D eigenvalue weighted by Crippen LogP contribution is -2.26. The summed E-state index contributed by atoms with van der Waals surface area (Å²) in [6, 6.07) is 0. The largest absolute Gasteiger partial charge is 0.492 e. The molecule has 0 aromatic carbocycles. The van der Waals surface area contributed by atoms with Crippen LogP contribution >= 0.6 is 11.3 Å². The molecule has 0 fully saturated rings. The van der Waals surface area contributed by atoms with E-state index in [2.05, 4.69) is 25.7 Å². The fraction of sp³-hybridized carbons (Fsp3) is 0.615. The van der Waals surface area contributed by atoms with E-state index in [0.717, 1.165) is 18.1 Å². The lowest BCUT2D eigenvalue weighted by molar-refractivity contribution is 0.0607. The molecule has 0 radical (unpaired) electrons. The molecular formula is C13H22N2O3S. The third-order valence-corrected chi connectivity index (χ3v) is 3.94. The number of methoxy groups -OCH3 is 2. The van der Waals surface area contributed by atoms with Gasteiger partial charge in [-0.15, -0.1) is 11.3 Å². The molecule has 1 heterocycles. The fourth-order valence-corrected chi connectivity index (χ4v) is 3.04. The molecule has 0 aliphatic carbocycles. The zero-order chi connectivity index (χ0) is 14.6. The molecular weight excluding hydrogens is 264 g/mol. The smallest absolute Gasteiger partial charge is 0.350 e. The molecule has 1 aromatic heterocycles. The average Bonchev–Trinajstić information content (AvgIpc) is 2.71. The lowest BCUT2D eigenvalue weighted by atomic mass is 10.2. The number of nitrogen functional groups attached to an aromatic ring is 1. The number of thiophene rings is 1. The summed E-state index contributed by atoms with van der Waals surface area (Å²) in [6.07, 6.45) is 0. The van der Waals surface area contributed by atoms with Crippen molar-refractivity contribution in [2.75, 3.05) is 37.9 Å². The maximum absolute atomic E-state index is 11.7. The number of carbonyl (C=O) groups is 1. The Labute approximate surface area is 118 Å². The summed E-state index contributed by atoms with van der Waals surface area (Å²) in [4.78, 5) is 14.2. The quantitative estimate of drug-likeness (QED) is 0.814. The van der Waals surface area contributed by atoms with Gasteiger partial charge in [0.2, 0.25) is 0 Å². The van der Waals surface area contributed by atoms with E-state index in [-0.39, 0.29) is 0 Å². The minimum absolute atomic E-state index is 0.358. The summed E-state index contributed by atoms with van der Waals surface area (Å²) < 4.78 is 10.1. The first-order valence-corrected chi connectivity index (χ1v) is 7.07. The van der Waals surface area contributed by atoms with Crippen LogP contribution in [0.5, 0.6) is 5.75 Å². The molecule has 2 N–H and O–H groups in total. The molecule has 0 saturated heterocycles. The van der Waals surface area contributed by atoms with Gasteiger partial charge in [0.15, 0.2) is 5.75 Å². The predicted octanol–water partition coefficient (Wildman–Crippen LogP) is 2.61. The van der Waals surface area contributed by atoms with Crippen LogP contribution in [0.2, 0.25) is 0 Å². The summed E-state index contributed by atoms with van der Waals surface area (Å²) in [5, 5.41) is 0.886. The van der Waals surface area contributed by atoms with Crippen LogP contribution in [-0.2, 0) is 4.74 Å². The van der Waals surface area contributed by atoms with Gasteiger partial charge in [-0.25, -0.2) is 4.79 Å². The molecule has 0 spiro atoms. The maximum atomic E-state index is 11.7. The second-order valence-electron chi connectivity index (χ2n) is 4.61. The van der Waals surface area contributed by atoms with Crippen LogP contribution in [0.1, 0.15) is 30.4 Å². The number of esters is 1. The van der Waals surface area contributed by atoms with Crippen molar-refractivity contribution in [2.24, 2.45) is 5.92 Å². The van der Waals surface area contributed by atoms with Crippen molar-refractivity contribution in [1.82, 2.24) is 0 Å². The summed E-state index contributed by atoms with van der Waals surface area (Å²) in [5.74, 6) is 0.648. The van der Waals surface area contributed by atoms with Gasteiger partial charge in [0.1, 0.15) is 15.6 Å². The first-order valence-electron chi connectivity index (χ1n) is 6.25. The zero-order valence-corrected chi connectivity index (χ0v) is 13.0. The second-order valence-corrected chi connectivity index (χ2v) is 5.61. The number of ether oxygens (including phenoxy) is 2. The van der Waals surface area contributed by atoms with Crippen molar-refractivity contribution in [3.05, 3.63) is 4.88 Å². The number of hydrogen-bond acceptors (Lipinski definition) is 6. The van der Waals surface area contributed by atoms with Crippen molar-refractivity contribution in [3.63, 3.8) is 0 Å².